The van der Waals surface area contributed by atoms with Crippen LogP contribution in [0, 0.1) is 5.92 Å². The van der Waals surface area contributed by atoms with Crippen LogP contribution >= 0.6 is 0 Å². The van der Waals surface area contributed by atoms with E-state index in [2.05, 4.69) is 0 Å². The summed E-state index contributed by atoms with van der Waals surface area (Å²) in [4.78, 5) is 30.0. The van der Waals surface area contributed by atoms with Crippen LogP contribution in [0.2, 0.25) is 0 Å². The quantitative estimate of drug-likeness (QED) is 0.659. The molecule has 3 aliphatic rings. The summed E-state index contributed by atoms with van der Waals surface area (Å²) in [5.41, 5.74) is 0.185. The number of rotatable bonds is 5. The number of hydrogen-bond donors (Lipinski definition) is 0. The fourth-order valence-electron chi connectivity index (χ4n) is 5.79. The minimum Gasteiger partial charge on any atom is -0.341 e. The number of fused-ring (bicyclic) bond motifs is 1. The van der Waals surface area contributed by atoms with Crippen molar-refractivity contribution >= 4 is 11.8 Å². The van der Waals surface area contributed by atoms with E-state index in [4.69, 9.17) is 0 Å². The second-order valence-electron chi connectivity index (χ2n) is 9.24. The van der Waals surface area contributed by atoms with Gasteiger partial charge in [0.1, 0.15) is 6.04 Å². The zero-order valence-corrected chi connectivity index (χ0v) is 17.8. The van der Waals surface area contributed by atoms with Gasteiger partial charge in [0.05, 0.1) is 5.92 Å². The van der Waals surface area contributed by atoms with E-state index in [9.17, 15) is 22.8 Å². The number of alkyl halides is 3. The Labute approximate surface area is 181 Å². The Balaban J connectivity index is 1.50. The van der Waals surface area contributed by atoms with Gasteiger partial charge in [-0.1, -0.05) is 43.2 Å². The molecular formula is C24H31F3N2O2. The standard InChI is InChI=1S/C24H31F3N2O2/c25-24(26,27)19(17-8-2-1-3-9-17)12-13-22(30)29-20-11-5-4-10-18(20)16-21(29)23(31)28-14-6-7-15-28/h1-3,8-9,18-21H,4-7,10-16H2/t18-,19+,20-,21-/m0/s1. The Kier molecular flexibility index (Phi) is 6.58. The number of benzene rings is 1. The van der Waals surface area contributed by atoms with Crippen molar-refractivity contribution in [2.45, 2.75) is 82.0 Å². The molecule has 2 amide bonds. The molecule has 0 bridgehead atoms. The predicted molar refractivity (Wildman–Crippen MR) is 111 cm³/mol. The maximum Gasteiger partial charge on any atom is 0.395 e. The van der Waals surface area contributed by atoms with Crippen molar-refractivity contribution in [3.63, 3.8) is 0 Å². The van der Waals surface area contributed by atoms with Gasteiger partial charge in [-0.2, -0.15) is 13.2 Å². The molecule has 1 saturated carbocycles. The Hall–Kier alpha value is -2.05. The largest absolute Gasteiger partial charge is 0.395 e. The molecule has 0 spiro atoms. The second kappa shape index (κ2) is 9.21. The highest BCUT2D eigenvalue weighted by Crippen LogP contribution is 2.42. The zero-order chi connectivity index (χ0) is 22.0. The molecule has 1 aliphatic carbocycles. The number of likely N-dealkylation sites (tertiary alicyclic amines) is 2. The normalized spacial score (nSPS) is 27.3. The summed E-state index contributed by atoms with van der Waals surface area (Å²) in [5, 5.41) is 0. The summed E-state index contributed by atoms with van der Waals surface area (Å²) < 4.78 is 41.2. The Morgan fingerprint density at radius 2 is 1.68 bits per heavy atom. The number of carbonyl (C=O) groups is 2. The van der Waals surface area contributed by atoms with Crippen LogP contribution in [0.3, 0.4) is 0 Å². The van der Waals surface area contributed by atoms with Crippen LogP contribution in [-0.4, -0.2) is 53.0 Å². The predicted octanol–water partition coefficient (Wildman–Crippen LogP) is 4.89. The first-order valence-corrected chi connectivity index (χ1v) is 11.6. The molecule has 2 saturated heterocycles. The smallest absolute Gasteiger partial charge is 0.341 e. The maximum atomic E-state index is 13.7. The van der Waals surface area contributed by atoms with Crippen LogP contribution in [-0.2, 0) is 9.59 Å². The third-order valence-electron chi connectivity index (χ3n) is 7.32. The molecule has 0 radical (unpaired) electrons. The zero-order valence-electron chi connectivity index (χ0n) is 17.8. The SMILES string of the molecule is O=C([C@@H]1C[C@@H]2CCCC[C@@H]2N1C(=O)CC[C@H](c1ccccc1)C(F)(F)F)N1CCCC1. The van der Waals surface area contributed by atoms with Crippen molar-refractivity contribution in [3.8, 4) is 0 Å². The maximum absolute atomic E-state index is 13.7. The molecule has 7 heteroatoms. The average Bonchev–Trinajstić information content (AvgIpc) is 3.41. The van der Waals surface area contributed by atoms with Gasteiger partial charge < -0.3 is 9.80 Å². The third kappa shape index (κ3) is 4.75. The van der Waals surface area contributed by atoms with E-state index in [1.807, 2.05) is 4.90 Å². The monoisotopic (exact) mass is 436 g/mol. The lowest BCUT2D eigenvalue weighted by molar-refractivity contribution is -0.155. The first-order valence-electron chi connectivity index (χ1n) is 11.6. The molecule has 0 aromatic heterocycles. The molecule has 4 nitrogen and oxygen atoms in total. The molecule has 4 atom stereocenters. The molecule has 1 aromatic rings. The van der Waals surface area contributed by atoms with E-state index in [1.54, 1.807) is 23.1 Å². The van der Waals surface area contributed by atoms with Gasteiger partial charge in [0.2, 0.25) is 11.8 Å². The Morgan fingerprint density at radius 1 is 1.00 bits per heavy atom. The van der Waals surface area contributed by atoms with Gasteiger partial charge in [-0.3, -0.25) is 9.59 Å². The minimum absolute atomic E-state index is 0.00105. The van der Waals surface area contributed by atoms with Crippen LogP contribution in [0.5, 0.6) is 0 Å². The molecule has 31 heavy (non-hydrogen) atoms. The fraction of sp³-hybridized carbons (Fsp3) is 0.667. The molecule has 3 fully saturated rings. The van der Waals surface area contributed by atoms with Gasteiger partial charge in [-0.15, -0.1) is 0 Å². The van der Waals surface area contributed by atoms with E-state index in [0.29, 0.717) is 12.3 Å². The van der Waals surface area contributed by atoms with E-state index in [1.165, 1.54) is 12.1 Å². The van der Waals surface area contributed by atoms with Gasteiger partial charge in [0.25, 0.3) is 0 Å². The average molecular weight is 437 g/mol. The van der Waals surface area contributed by atoms with Crippen molar-refractivity contribution in [1.82, 2.24) is 9.80 Å². The number of nitrogens with zero attached hydrogens (tertiary/aromatic N) is 2. The second-order valence-corrected chi connectivity index (χ2v) is 9.24. The van der Waals surface area contributed by atoms with Gasteiger partial charge in [-0.05, 0) is 50.0 Å². The molecule has 0 unspecified atom stereocenters. The molecule has 0 N–H and O–H groups in total. The Morgan fingerprint density at radius 3 is 2.35 bits per heavy atom. The van der Waals surface area contributed by atoms with Crippen LogP contribution < -0.4 is 0 Å². The van der Waals surface area contributed by atoms with Crippen LogP contribution in [0.1, 0.15) is 69.3 Å². The van der Waals surface area contributed by atoms with E-state index >= 15 is 0 Å². The lowest BCUT2D eigenvalue weighted by Gasteiger charge is -2.35. The highest BCUT2D eigenvalue weighted by atomic mass is 19.4. The van der Waals surface area contributed by atoms with Crippen LogP contribution in [0.15, 0.2) is 30.3 Å². The van der Waals surface area contributed by atoms with E-state index in [0.717, 1.165) is 51.6 Å². The summed E-state index contributed by atoms with van der Waals surface area (Å²) in [6.07, 6.45) is 1.67. The molecule has 2 aliphatic heterocycles. The molecule has 1 aromatic carbocycles. The van der Waals surface area contributed by atoms with Gasteiger partial charge >= 0.3 is 6.18 Å². The highest BCUT2D eigenvalue weighted by Gasteiger charge is 2.49. The minimum atomic E-state index is -4.41. The Bertz CT molecular complexity index is 777. The summed E-state index contributed by atoms with van der Waals surface area (Å²) in [6.45, 7) is 1.44. The summed E-state index contributed by atoms with van der Waals surface area (Å²) in [6, 6.07) is 7.30. The van der Waals surface area contributed by atoms with Crippen molar-refractivity contribution in [2.24, 2.45) is 5.92 Å². The van der Waals surface area contributed by atoms with E-state index in [-0.39, 0.29) is 36.3 Å². The van der Waals surface area contributed by atoms with Crippen molar-refractivity contribution in [3.05, 3.63) is 35.9 Å². The number of amides is 2. The van der Waals surface area contributed by atoms with Crippen molar-refractivity contribution in [1.29, 1.82) is 0 Å². The number of halogens is 3. The van der Waals surface area contributed by atoms with E-state index < -0.39 is 18.1 Å². The number of carbonyl (C=O) groups excluding carboxylic acids is 2. The highest BCUT2D eigenvalue weighted by molar-refractivity contribution is 5.89. The topological polar surface area (TPSA) is 40.6 Å². The fourth-order valence-corrected chi connectivity index (χ4v) is 5.79. The lowest BCUT2D eigenvalue weighted by atomic mass is 9.84. The molecule has 2 heterocycles. The first kappa shape index (κ1) is 22.2. The van der Waals surface area contributed by atoms with Gasteiger partial charge in [0.15, 0.2) is 0 Å². The summed E-state index contributed by atoms with van der Waals surface area (Å²) in [5.74, 6) is -1.68. The van der Waals surface area contributed by atoms with Crippen LogP contribution in [0.25, 0.3) is 0 Å². The molecular weight excluding hydrogens is 405 g/mol. The first-order chi connectivity index (χ1) is 14.9. The molecule has 170 valence electrons. The van der Waals surface area contributed by atoms with Gasteiger partial charge in [0, 0.05) is 25.6 Å². The van der Waals surface area contributed by atoms with Gasteiger partial charge in [-0.25, -0.2) is 0 Å². The lowest BCUT2D eigenvalue weighted by Crippen LogP contribution is -2.50. The molecule has 4 rings (SSSR count). The van der Waals surface area contributed by atoms with Crippen molar-refractivity contribution in [2.75, 3.05) is 13.1 Å². The summed E-state index contributed by atoms with van der Waals surface area (Å²) >= 11 is 0. The van der Waals surface area contributed by atoms with Crippen LogP contribution in [0.4, 0.5) is 13.2 Å². The third-order valence-corrected chi connectivity index (χ3v) is 7.32. The summed E-state index contributed by atoms with van der Waals surface area (Å²) in [7, 11) is 0. The van der Waals surface area contributed by atoms with Crippen molar-refractivity contribution < 1.29 is 22.8 Å². The number of hydrogen-bond acceptors (Lipinski definition) is 2.